The van der Waals surface area contributed by atoms with Gasteiger partial charge < -0.3 is 5.73 Å². The Morgan fingerprint density at radius 3 is 2.18 bits per heavy atom. The third kappa shape index (κ3) is 1.67. The Bertz CT molecular complexity index is 146. The Labute approximate surface area is 63.8 Å². The maximum absolute atomic E-state index is 11.9. The molecule has 0 atom stereocenters. The molecule has 0 aromatic rings. The Kier molecular flexibility index (Phi) is 1.90. The van der Waals surface area contributed by atoms with Gasteiger partial charge in [0.05, 0.1) is 5.92 Å². The molecule has 1 nitrogen and oxygen atoms in total. The molecule has 66 valence electrons. The van der Waals surface area contributed by atoms with E-state index in [1.54, 1.807) is 6.92 Å². The van der Waals surface area contributed by atoms with Crippen LogP contribution in [-0.2, 0) is 0 Å². The summed E-state index contributed by atoms with van der Waals surface area (Å²) < 4.78 is 35.8. The minimum absolute atomic E-state index is 0.201. The van der Waals surface area contributed by atoms with E-state index in [9.17, 15) is 13.2 Å². The van der Waals surface area contributed by atoms with Gasteiger partial charge in [0.2, 0.25) is 0 Å². The summed E-state index contributed by atoms with van der Waals surface area (Å²) in [5.74, 6) is -1.10. The number of alkyl halides is 3. The van der Waals surface area contributed by atoms with Gasteiger partial charge in [-0.3, -0.25) is 0 Å². The highest BCUT2D eigenvalue weighted by Gasteiger charge is 2.52. The second kappa shape index (κ2) is 2.37. The second-order valence-corrected chi connectivity index (χ2v) is 3.66. The normalized spacial score (nSPS) is 38.5. The first-order valence-corrected chi connectivity index (χ1v) is 3.64. The van der Waals surface area contributed by atoms with E-state index in [0.29, 0.717) is 6.54 Å². The summed E-state index contributed by atoms with van der Waals surface area (Å²) >= 11 is 0. The molecule has 0 aliphatic heterocycles. The Balaban J connectivity index is 2.40. The monoisotopic (exact) mass is 167 g/mol. The number of halogens is 3. The number of hydrogen-bond donors (Lipinski definition) is 1. The minimum atomic E-state index is -4.01. The average molecular weight is 167 g/mol. The fraction of sp³-hybridized carbons (Fsp3) is 1.00. The molecule has 1 rings (SSSR count). The first kappa shape index (κ1) is 8.84. The zero-order valence-electron chi connectivity index (χ0n) is 6.41. The molecule has 11 heavy (non-hydrogen) atoms. The molecule has 0 spiro atoms. The Hall–Kier alpha value is -0.250. The summed E-state index contributed by atoms with van der Waals surface area (Å²) in [5.41, 5.74) is 5.06. The van der Waals surface area contributed by atoms with Gasteiger partial charge in [0.25, 0.3) is 0 Å². The average Bonchev–Trinajstić information content (AvgIpc) is 1.78. The van der Waals surface area contributed by atoms with Crippen molar-refractivity contribution in [3.05, 3.63) is 0 Å². The lowest BCUT2D eigenvalue weighted by atomic mass is 9.63. The standard InChI is InChI=1S/C7H12F3N/c1-6(4-11)2-5(3-6)7(8,9)10/h5H,2-4,11H2,1H3. The lowest BCUT2D eigenvalue weighted by Gasteiger charge is -2.45. The van der Waals surface area contributed by atoms with E-state index in [2.05, 4.69) is 0 Å². The van der Waals surface area contributed by atoms with Gasteiger partial charge in [-0.2, -0.15) is 13.2 Å². The van der Waals surface area contributed by atoms with Crippen molar-refractivity contribution in [3.8, 4) is 0 Å². The van der Waals surface area contributed by atoms with E-state index in [4.69, 9.17) is 5.73 Å². The molecular weight excluding hydrogens is 155 g/mol. The third-order valence-corrected chi connectivity index (χ3v) is 2.43. The molecule has 2 N–H and O–H groups in total. The van der Waals surface area contributed by atoms with Gasteiger partial charge >= 0.3 is 6.18 Å². The Morgan fingerprint density at radius 2 is 1.91 bits per heavy atom. The molecule has 0 aromatic heterocycles. The predicted octanol–water partition coefficient (Wildman–Crippen LogP) is 1.92. The van der Waals surface area contributed by atoms with Crippen molar-refractivity contribution in [2.24, 2.45) is 17.1 Å². The molecule has 1 saturated carbocycles. The predicted molar refractivity (Wildman–Crippen MR) is 35.9 cm³/mol. The van der Waals surface area contributed by atoms with Crippen molar-refractivity contribution >= 4 is 0 Å². The zero-order valence-corrected chi connectivity index (χ0v) is 6.41. The van der Waals surface area contributed by atoms with E-state index in [-0.39, 0.29) is 18.3 Å². The van der Waals surface area contributed by atoms with E-state index < -0.39 is 12.1 Å². The van der Waals surface area contributed by atoms with Crippen LogP contribution in [-0.4, -0.2) is 12.7 Å². The molecule has 1 aliphatic carbocycles. The van der Waals surface area contributed by atoms with Gasteiger partial charge in [0, 0.05) is 0 Å². The first-order chi connectivity index (χ1) is 4.87. The third-order valence-electron chi connectivity index (χ3n) is 2.43. The van der Waals surface area contributed by atoms with Gasteiger partial charge in [-0.25, -0.2) is 0 Å². The highest BCUT2D eigenvalue weighted by atomic mass is 19.4. The van der Waals surface area contributed by atoms with Crippen LogP contribution in [0.15, 0.2) is 0 Å². The van der Waals surface area contributed by atoms with Crippen LogP contribution in [0, 0.1) is 11.3 Å². The quantitative estimate of drug-likeness (QED) is 0.634. The molecule has 0 bridgehead atoms. The molecule has 0 saturated heterocycles. The maximum Gasteiger partial charge on any atom is 0.391 e. The van der Waals surface area contributed by atoms with Gasteiger partial charge in [-0.15, -0.1) is 0 Å². The van der Waals surface area contributed by atoms with Crippen molar-refractivity contribution < 1.29 is 13.2 Å². The first-order valence-electron chi connectivity index (χ1n) is 3.64. The van der Waals surface area contributed by atoms with E-state index >= 15 is 0 Å². The zero-order chi connectivity index (χ0) is 8.70. The maximum atomic E-state index is 11.9. The van der Waals surface area contributed by atoms with Crippen LogP contribution in [0.3, 0.4) is 0 Å². The molecule has 0 unspecified atom stereocenters. The number of rotatable bonds is 1. The van der Waals surface area contributed by atoms with Crippen LogP contribution in [0.4, 0.5) is 13.2 Å². The van der Waals surface area contributed by atoms with Crippen molar-refractivity contribution in [2.75, 3.05) is 6.54 Å². The van der Waals surface area contributed by atoms with Crippen LogP contribution in [0.5, 0.6) is 0 Å². The fourth-order valence-electron chi connectivity index (χ4n) is 1.53. The van der Waals surface area contributed by atoms with Crippen LogP contribution in [0.25, 0.3) is 0 Å². The van der Waals surface area contributed by atoms with Crippen LogP contribution < -0.4 is 5.73 Å². The largest absolute Gasteiger partial charge is 0.391 e. The minimum Gasteiger partial charge on any atom is -0.330 e. The Morgan fingerprint density at radius 1 is 1.45 bits per heavy atom. The van der Waals surface area contributed by atoms with Crippen LogP contribution in [0.2, 0.25) is 0 Å². The summed E-state index contributed by atoms with van der Waals surface area (Å²) in [6, 6.07) is 0. The van der Waals surface area contributed by atoms with Crippen molar-refractivity contribution in [3.63, 3.8) is 0 Å². The summed E-state index contributed by atoms with van der Waals surface area (Å²) in [4.78, 5) is 0. The number of nitrogens with two attached hydrogens (primary N) is 1. The van der Waals surface area contributed by atoms with Crippen molar-refractivity contribution in [1.29, 1.82) is 0 Å². The lowest BCUT2D eigenvalue weighted by Crippen LogP contribution is -2.46. The summed E-state index contributed by atoms with van der Waals surface area (Å²) in [7, 11) is 0. The van der Waals surface area contributed by atoms with Gasteiger partial charge in [-0.05, 0) is 24.8 Å². The van der Waals surface area contributed by atoms with Gasteiger partial charge in [-0.1, -0.05) is 6.92 Å². The topological polar surface area (TPSA) is 26.0 Å². The van der Waals surface area contributed by atoms with Crippen molar-refractivity contribution in [1.82, 2.24) is 0 Å². The molecule has 0 radical (unpaired) electrons. The highest BCUT2D eigenvalue weighted by molar-refractivity contribution is 4.93. The van der Waals surface area contributed by atoms with Crippen LogP contribution >= 0.6 is 0 Å². The fourth-order valence-corrected chi connectivity index (χ4v) is 1.53. The molecule has 0 heterocycles. The highest BCUT2D eigenvalue weighted by Crippen LogP contribution is 2.51. The van der Waals surface area contributed by atoms with E-state index in [1.807, 2.05) is 0 Å². The molecular formula is C7H12F3N. The summed E-state index contributed by atoms with van der Waals surface area (Å²) in [6.07, 6.45) is -3.60. The molecule has 1 fully saturated rings. The smallest absolute Gasteiger partial charge is 0.330 e. The van der Waals surface area contributed by atoms with Crippen LogP contribution in [0.1, 0.15) is 19.8 Å². The number of hydrogen-bond acceptors (Lipinski definition) is 1. The SMILES string of the molecule is CC1(CN)CC(C(F)(F)F)C1. The molecule has 0 amide bonds. The van der Waals surface area contributed by atoms with E-state index in [1.165, 1.54) is 0 Å². The summed E-state index contributed by atoms with van der Waals surface area (Å²) in [5, 5.41) is 0. The lowest BCUT2D eigenvalue weighted by molar-refractivity contribution is -0.217. The summed E-state index contributed by atoms with van der Waals surface area (Å²) in [6.45, 7) is 2.16. The van der Waals surface area contributed by atoms with Gasteiger partial charge in [0.15, 0.2) is 0 Å². The van der Waals surface area contributed by atoms with Crippen molar-refractivity contribution in [2.45, 2.75) is 25.9 Å². The molecule has 4 heteroatoms. The molecule has 1 aliphatic rings. The second-order valence-electron chi connectivity index (χ2n) is 3.66. The van der Waals surface area contributed by atoms with Gasteiger partial charge in [0.1, 0.15) is 0 Å². The molecule has 0 aromatic carbocycles. The van der Waals surface area contributed by atoms with E-state index in [0.717, 1.165) is 0 Å².